The molecule has 0 atom stereocenters. The first-order chi connectivity index (χ1) is 13.1. The molecule has 3 heterocycles. The molecular formula is C19H20F3N5S. The van der Waals surface area contributed by atoms with Gasteiger partial charge in [0.2, 0.25) is 0 Å². The Morgan fingerprint density at radius 3 is 2.50 bits per heavy atom. The van der Waals surface area contributed by atoms with E-state index < -0.39 is 11.9 Å². The van der Waals surface area contributed by atoms with Gasteiger partial charge in [-0.3, -0.25) is 4.98 Å². The van der Waals surface area contributed by atoms with Crippen molar-refractivity contribution in [1.29, 1.82) is 0 Å². The monoisotopic (exact) mass is 407 g/mol. The molecule has 0 saturated carbocycles. The summed E-state index contributed by atoms with van der Waals surface area (Å²) in [6.07, 6.45) is -1.01. The van der Waals surface area contributed by atoms with Gasteiger partial charge in [-0.25, -0.2) is 15.0 Å². The van der Waals surface area contributed by atoms with Gasteiger partial charge in [0.1, 0.15) is 5.82 Å². The maximum Gasteiger partial charge on any atom is 0.433 e. The van der Waals surface area contributed by atoms with Crippen molar-refractivity contribution < 1.29 is 13.2 Å². The molecule has 0 unspecified atom stereocenters. The summed E-state index contributed by atoms with van der Waals surface area (Å²) in [5.41, 5.74) is 0.307. The summed E-state index contributed by atoms with van der Waals surface area (Å²) in [5, 5.41) is 5.96. The summed E-state index contributed by atoms with van der Waals surface area (Å²) < 4.78 is 39.7. The predicted octanol–water partition coefficient (Wildman–Crippen LogP) is 4.97. The van der Waals surface area contributed by atoms with Gasteiger partial charge in [0, 0.05) is 47.8 Å². The van der Waals surface area contributed by atoms with E-state index in [2.05, 4.69) is 46.0 Å². The number of hydrogen-bond donors (Lipinski definition) is 1. The van der Waals surface area contributed by atoms with Crippen molar-refractivity contribution in [1.82, 2.24) is 19.9 Å². The summed E-state index contributed by atoms with van der Waals surface area (Å²) in [4.78, 5) is 16.4. The third-order valence-corrected chi connectivity index (χ3v) is 5.13. The highest BCUT2D eigenvalue weighted by Crippen LogP contribution is 2.30. The summed E-state index contributed by atoms with van der Waals surface area (Å²) in [6.45, 7) is 6.68. The van der Waals surface area contributed by atoms with Crippen molar-refractivity contribution >= 4 is 17.2 Å². The Hall–Kier alpha value is -2.55. The highest BCUT2D eigenvalue weighted by Gasteiger charge is 2.33. The minimum absolute atomic E-state index is 0.0193. The van der Waals surface area contributed by atoms with Gasteiger partial charge in [-0.2, -0.15) is 13.2 Å². The van der Waals surface area contributed by atoms with Crippen LogP contribution < -0.4 is 5.32 Å². The van der Waals surface area contributed by atoms with Crippen LogP contribution in [0.2, 0.25) is 0 Å². The summed E-state index contributed by atoms with van der Waals surface area (Å²) in [5.74, 6) is 0.0987. The maximum absolute atomic E-state index is 13.2. The number of pyridine rings is 1. The quantitative estimate of drug-likeness (QED) is 0.647. The summed E-state index contributed by atoms with van der Waals surface area (Å²) in [7, 11) is 0. The first kappa shape index (κ1) is 20.2. The molecular weight excluding hydrogens is 387 g/mol. The normalized spacial score (nSPS) is 12.2. The topological polar surface area (TPSA) is 63.6 Å². The standard InChI is InChI=1S/C19H20F3N5S/c1-18(2,3)17-25-13(11-28-17)6-8-24-15-9-14(19(20,21)22)26-16(27-15)12-5-4-7-23-10-12/h4-5,7,9-11H,6,8H2,1-3H3,(H,24,26,27). The molecule has 0 aliphatic carbocycles. The van der Waals surface area contributed by atoms with Gasteiger partial charge in [-0.15, -0.1) is 11.3 Å². The second-order valence-corrected chi connectivity index (χ2v) is 8.13. The Kier molecular flexibility index (Phi) is 5.64. The predicted molar refractivity (Wildman–Crippen MR) is 103 cm³/mol. The minimum atomic E-state index is -4.56. The van der Waals surface area contributed by atoms with E-state index >= 15 is 0 Å². The van der Waals surface area contributed by atoms with Crippen LogP contribution in [0.4, 0.5) is 19.0 Å². The number of hydrogen-bond acceptors (Lipinski definition) is 6. The van der Waals surface area contributed by atoms with Gasteiger partial charge >= 0.3 is 6.18 Å². The molecule has 0 amide bonds. The molecule has 148 valence electrons. The first-order valence-corrected chi connectivity index (χ1v) is 9.56. The van der Waals surface area contributed by atoms with E-state index in [-0.39, 0.29) is 17.1 Å². The number of anilines is 1. The van der Waals surface area contributed by atoms with Gasteiger partial charge in [0.05, 0.1) is 10.7 Å². The average molecular weight is 407 g/mol. The fraction of sp³-hybridized carbons (Fsp3) is 0.368. The molecule has 9 heteroatoms. The van der Waals surface area contributed by atoms with Crippen molar-refractivity contribution in [3.63, 3.8) is 0 Å². The highest BCUT2D eigenvalue weighted by atomic mass is 32.1. The molecule has 28 heavy (non-hydrogen) atoms. The van der Waals surface area contributed by atoms with Crippen LogP contribution in [0.25, 0.3) is 11.4 Å². The number of alkyl halides is 3. The number of nitrogens with one attached hydrogen (secondary N) is 1. The second kappa shape index (κ2) is 7.83. The number of halogens is 3. The molecule has 0 spiro atoms. The third-order valence-electron chi connectivity index (χ3n) is 3.82. The molecule has 0 radical (unpaired) electrons. The van der Waals surface area contributed by atoms with Crippen molar-refractivity contribution in [3.05, 3.63) is 52.4 Å². The van der Waals surface area contributed by atoms with Gasteiger partial charge in [-0.1, -0.05) is 20.8 Å². The zero-order chi connectivity index (χ0) is 20.4. The largest absolute Gasteiger partial charge is 0.433 e. The van der Waals surface area contributed by atoms with Crippen LogP contribution in [0.1, 0.15) is 37.2 Å². The lowest BCUT2D eigenvalue weighted by molar-refractivity contribution is -0.141. The SMILES string of the molecule is CC(C)(C)c1nc(CCNc2cc(C(F)(F)F)nc(-c3cccnc3)n2)cs1. The lowest BCUT2D eigenvalue weighted by Crippen LogP contribution is -2.14. The Balaban J connectivity index is 1.77. The Morgan fingerprint density at radius 2 is 1.89 bits per heavy atom. The fourth-order valence-corrected chi connectivity index (χ4v) is 3.33. The molecule has 0 saturated heterocycles. The molecule has 0 bridgehead atoms. The molecule has 0 aliphatic heterocycles. The van der Waals surface area contributed by atoms with Gasteiger partial charge in [0.15, 0.2) is 11.5 Å². The number of nitrogens with zero attached hydrogens (tertiary/aromatic N) is 4. The fourth-order valence-electron chi connectivity index (χ4n) is 2.39. The van der Waals surface area contributed by atoms with E-state index in [0.717, 1.165) is 16.8 Å². The van der Waals surface area contributed by atoms with E-state index in [1.807, 2.05) is 5.38 Å². The zero-order valence-electron chi connectivity index (χ0n) is 15.7. The van der Waals surface area contributed by atoms with Gasteiger partial charge < -0.3 is 5.32 Å². The van der Waals surface area contributed by atoms with Crippen LogP contribution in [0.15, 0.2) is 36.0 Å². The molecule has 3 aromatic rings. The van der Waals surface area contributed by atoms with E-state index in [1.54, 1.807) is 23.5 Å². The van der Waals surface area contributed by atoms with Gasteiger partial charge in [0.25, 0.3) is 0 Å². The van der Waals surface area contributed by atoms with E-state index in [9.17, 15) is 13.2 Å². The van der Waals surface area contributed by atoms with Crippen LogP contribution in [0.3, 0.4) is 0 Å². The first-order valence-electron chi connectivity index (χ1n) is 8.68. The van der Waals surface area contributed by atoms with E-state index in [4.69, 9.17) is 0 Å². The summed E-state index contributed by atoms with van der Waals surface area (Å²) >= 11 is 1.59. The molecule has 0 fully saturated rings. The smallest absolute Gasteiger partial charge is 0.370 e. The zero-order valence-corrected chi connectivity index (χ0v) is 16.5. The Labute approximate surface area is 165 Å². The van der Waals surface area contributed by atoms with Crippen molar-refractivity contribution in [2.75, 3.05) is 11.9 Å². The average Bonchev–Trinajstić information content (AvgIpc) is 3.11. The number of rotatable bonds is 5. The maximum atomic E-state index is 13.2. The lowest BCUT2D eigenvalue weighted by atomic mass is 9.98. The lowest BCUT2D eigenvalue weighted by Gasteiger charge is -2.13. The number of aromatic nitrogens is 4. The minimum Gasteiger partial charge on any atom is -0.370 e. The molecule has 0 aromatic carbocycles. The highest BCUT2D eigenvalue weighted by molar-refractivity contribution is 7.09. The molecule has 5 nitrogen and oxygen atoms in total. The Morgan fingerprint density at radius 1 is 1.11 bits per heavy atom. The molecule has 3 rings (SSSR count). The third kappa shape index (κ3) is 5.03. The van der Waals surface area contributed by atoms with Crippen molar-refractivity contribution in [2.24, 2.45) is 0 Å². The van der Waals surface area contributed by atoms with Crippen LogP contribution in [0.5, 0.6) is 0 Å². The van der Waals surface area contributed by atoms with Crippen LogP contribution in [-0.2, 0) is 18.0 Å². The van der Waals surface area contributed by atoms with Crippen molar-refractivity contribution in [2.45, 2.75) is 38.8 Å². The van der Waals surface area contributed by atoms with Crippen LogP contribution in [-0.4, -0.2) is 26.5 Å². The van der Waals surface area contributed by atoms with Crippen LogP contribution in [0, 0.1) is 0 Å². The van der Waals surface area contributed by atoms with Gasteiger partial charge in [-0.05, 0) is 12.1 Å². The number of thiazole rings is 1. The van der Waals surface area contributed by atoms with E-state index in [0.29, 0.717) is 18.5 Å². The van der Waals surface area contributed by atoms with Crippen molar-refractivity contribution in [3.8, 4) is 11.4 Å². The van der Waals surface area contributed by atoms with E-state index in [1.165, 1.54) is 12.4 Å². The Bertz CT molecular complexity index is 933. The molecule has 1 N–H and O–H groups in total. The summed E-state index contributed by atoms with van der Waals surface area (Å²) in [6, 6.07) is 4.16. The molecule has 3 aromatic heterocycles. The molecule has 0 aliphatic rings. The second-order valence-electron chi connectivity index (χ2n) is 7.27. The van der Waals surface area contributed by atoms with Crippen LogP contribution >= 0.6 is 11.3 Å².